The van der Waals surface area contributed by atoms with Crippen molar-refractivity contribution >= 4 is 28.2 Å². The second kappa shape index (κ2) is 7.76. The molecule has 27 heavy (non-hydrogen) atoms. The van der Waals surface area contributed by atoms with Gasteiger partial charge in [0.2, 0.25) is 0 Å². The number of carboxylic acid groups (broad SMARTS) is 1. The summed E-state index contributed by atoms with van der Waals surface area (Å²) in [5.74, 6) is -0.968. The number of nitrogens with one attached hydrogen (secondary N) is 1. The van der Waals surface area contributed by atoms with Crippen molar-refractivity contribution in [2.45, 2.75) is 26.7 Å². The molecule has 4 nitrogen and oxygen atoms in total. The zero-order chi connectivity index (χ0) is 19.6. The number of rotatable bonds is 5. The minimum absolute atomic E-state index is 0.123. The number of benzene rings is 2. The van der Waals surface area contributed by atoms with Gasteiger partial charge >= 0.3 is 5.97 Å². The Morgan fingerprint density at radius 2 is 1.63 bits per heavy atom. The molecule has 1 heterocycles. The predicted molar refractivity (Wildman–Crippen MR) is 110 cm³/mol. The van der Waals surface area contributed by atoms with E-state index in [0.29, 0.717) is 22.0 Å². The van der Waals surface area contributed by atoms with E-state index in [9.17, 15) is 14.7 Å². The van der Waals surface area contributed by atoms with Crippen molar-refractivity contribution in [2.24, 2.45) is 0 Å². The van der Waals surface area contributed by atoms with Gasteiger partial charge in [0, 0.05) is 16.5 Å². The van der Waals surface area contributed by atoms with Crippen molar-refractivity contribution in [1.29, 1.82) is 0 Å². The number of amides is 1. The summed E-state index contributed by atoms with van der Waals surface area (Å²) >= 11 is 1.22. The maximum absolute atomic E-state index is 12.5. The van der Waals surface area contributed by atoms with Crippen molar-refractivity contribution in [3.63, 3.8) is 0 Å². The third-order valence-electron chi connectivity index (χ3n) is 4.43. The monoisotopic (exact) mass is 379 g/mol. The highest BCUT2D eigenvalue weighted by Gasteiger charge is 2.21. The fourth-order valence-corrected chi connectivity index (χ4v) is 3.76. The Labute approximate surface area is 162 Å². The number of aryl methyl sites for hydroxylation is 1. The van der Waals surface area contributed by atoms with Crippen molar-refractivity contribution in [3.05, 3.63) is 76.2 Å². The van der Waals surface area contributed by atoms with E-state index >= 15 is 0 Å². The molecule has 1 amide bonds. The molecule has 0 bridgehead atoms. The molecule has 1 aromatic heterocycles. The lowest BCUT2D eigenvalue weighted by Crippen LogP contribution is -2.13. The van der Waals surface area contributed by atoms with Crippen LogP contribution in [0.1, 0.15) is 51.6 Å². The first kappa shape index (κ1) is 18.9. The summed E-state index contributed by atoms with van der Waals surface area (Å²) in [7, 11) is 0. The molecule has 0 fully saturated rings. The number of aromatic carboxylic acids is 1. The maximum Gasteiger partial charge on any atom is 0.339 e. The molecule has 0 aliphatic rings. The van der Waals surface area contributed by atoms with Crippen LogP contribution in [0.15, 0.2) is 53.9 Å². The van der Waals surface area contributed by atoms with E-state index in [0.717, 1.165) is 11.1 Å². The van der Waals surface area contributed by atoms with Crippen LogP contribution >= 0.6 is 11.3 Å². The molecular weight excluding hydrogens is 358 g/mol. The second-order valence-electron chi connectivity index (χ2n) is 6.76. The SMILES string of the molecule is Cc1ccc(C(=O)Nc2scc(-c3ccc(C(C)C)cc3)c2C(=O)O)cc1. The molecule has 2 aromatic carbocycles. The van der Waals surface area contributed by atoms with E-state index < -0.39 is 5.97 Å². The Balaban J connectivity index is 1.92. The summed E-state index contributed by atoms with van der Waals surface area (Å²) in [6, 6.07) is 15.0. The van der Waals surface area contributed by atoms with E-state index in [-0.39, 0.29) is 11.5 Å². The van der Waals surface area contributed by atoms with Crippen LogP contribution < -0.4 is 5.32 Å². The normalized spacial score (nSPS) is 10.8. The van der Waals surface area contributed by atoms with Gasteiger partial charge in [-0.2, -0.15) is 0 Å². The molecule has 0 spiro atoms. The van der Waals surface area contributed by atoms with Crippen molar-refractivity contribution in [1.82, 2.24) is 0 Å². The molecule has 0 aliphatic carbocycles. The number of hydrogen-bond acceptors (Lipinski definition) is 3. The minimum Gasteiger partial charge on any atom is -0.478 e. The largest absolute Gasteiger partial charge is 0.478 e. The molecular formula is C22H21NO3S. The molecule has 5 heteroatoms. The van der Waals surface area contributed by atoms with Crippen molar-refractivity contribution in [3.8, 4) is 11.1 Å². The second-order valence-corrected chi connectivity index (χ2v) is 7.64. The van der Waals surface area contributed by atoms with E-state index in [1.165, 1.54) is 16.9 Å². The minimum atomic E-state index is -1.06. The van der Waals surface area contributed by atoms with Gasteiger partial charge in [0.15, 0.2) is 0 Å². The summed E-state index contributed by atoms with van der Waals surface area (Å²) in [5.41, 5.74) is 4.30. The molecule has 2 N–H and O–H groups in total. The highest BCUT2D eigenvalue weighted by molar-refractivity contribution is 7.15. The van der Waals surface area contributed by atoms with Crippen LogP contribution in [-0.2, 0) is 0 Å². The van der Waals surface area contributed by atoms with E-state index in [2.05, 4.69) is 19.2 Å². The van der Waals surface area contributed by atoms with Gasteiger partial charge in [0.25, 0.3) is 5.91 Å². The topological polar surface area (TPSA) is 66.4 Å². The van der Waals surface area contributed by atoms with Gasteiger partial charge in [0.05, 0.1) is 0 Å². The zero-order valence-electron chi connectivity index (χ0n) is 15.4. The van der Waals surface area contributed by atoms with Gasteiger partial charge < -0.3 is 10.4 Å². The summed E-state index contributed by atoms with van der Waals surface area (Å²) in [4.78, 5) is 24.3. The lowest BCUT2D eigenvalue weighted by Gasteiger charge is -2.08. The molecule has 0 radical (unpaired) electrons. The lowest BCUT2D eigenvalue weighted by atomic mass is 9.98. The van der Waals surface area contributed by atoms with E-state index in [1.54, 1.807) is 17.5 Å². The Kier molecular flexibility index (Phi) is 5.42. The summed E-state index contributed by atoms with van der Waals surface area (Å²) in [6.45, 7) is 6.17. The van der Waals surface area contributed by atoms with Gasteiger partial charge in [-0.15, -0.1) is 11.3 Å². The highest BCUT2D eigenvalue weighted by atomic mass is 32.1. The standard InChI is InChI=1S/C22H21NO3S/c1-13(2)15-8-10-16(11-9-15)18-12-27-21(19(18)22(25)26)23-20(24)17-6-4-14(3)5-7-17/h4-13H,1-3H3,(H,23,24)(H,25,26). The van der Waals surface area contributed by atoms with Gasteiger partial charge in [-0.1, -0.05) is 55.8 Å². The summed E-state index contributed by atoms with van der Waals surface area (Å²) in [5, 5.41) is 14.6. The average Bonchev–Trinajstić information content (AvgIpc) is 3.06. The van der Waals surface area contributed by atoms with Gasteiger partial charge in [-0.25, -0.2) is 4.79 Å². The fraction of sp³-hybridized carbons (Fsp3) is 0.182. The Morgan fingerprint density at radius 3 is 2.19 bits per heavy atom. The number of carbonyl (C=O) groups excluding carboxylic acids is 1. The van der Waals surface area contributed by atoms with Crippen molar-refractivity contribution < 1.29 is 14.7 Å². The zero-order valence-corrected chi connectivity index (χ0v) is 16.3. The first-order valence-corrected chi connectivity index (χ1v) is 9.58. The van der Waals surface area contributed by atoms with Gasteiger partial charge in [0.1, 0.15) is 10.6 Å². The van der Waals surface area contributed by atoms with Crippen LogP contribution in [0.2, 0.25) is 0 Å². The number of anilines is 1. The Morgan fingerprint density at radius 1 is 1.00 bits per heavy atom. The summed E-state index contributed by atoms with van der Waals surface area (Å²) in [6.07, 6.45) is 0. The average molecular weight is 379 g/mol. The molecule has 0 saturated carbocycles. The van der Waals surface area contributed by atoms with Gasteiger partial charge in [-0.05, 0) is 36.1 Å². The molecule has 3 aromatic rings. The van der Waals surface area contributed by atoms with Crippen LogP contribution in [0.3, 0.4) is 0 Å². The van der Waals surface area contributed by atoms with Crippen LogP contribution in [0.4, 0.5) is 5.00 Å². The van der Waals surface area contributed by atoms with Gasteiger partial charge in [-0.3, -0.25) is 4.79 Å². The number of carbonyl (C=O) groups is 2. The smallest absolute Gasteiger partial charge is 0.339 e. The number of carboxylic acids is 1. The third kappa shape index (κ3) is 4.09. The molecule has 0 atom stereocenters. The first-order chi connectivity index (χ1) is 12.9. The molecule has 138 valence electrons. The fourth-order valence-electron chi connectivity index (χ4n) is 2.80. The first-order valence-electron chi connectivity index (χ1n) is 8.70. The van der Waals surface area contributed by atoms with Crippen LogP contribution in [0.25, 0.3) is 11.1 Å². The third-order valence-corrected chi connectivity index (χ3v) is 5.33. The maximum atomic E-state index is 12.5. The summed E-state index contributed by atoms with van der Waals surface area (Å²) < 4.78 is 0. The lowest BCUT2D eigenvalue weighted by molar-refractivity contribution is 0.0699. The van der Waals surface area contributed by atoms with Crippen LogP contribution in [0.5, 0.6) is 0 Å². The van der Waals surface area contributed by atoms with E-state index in [1.807, 2.05) is 43.3 Å². The molecule has 0 unspecified atom stereocenters. The Bertz CT molecular complexity index is 970. The molecule has 0 saturated heterocycles. The number of hydrogen-bond donors (Lipinski definition) is 2. The highest BCUT2D eigenvalue weighted by Crippen LogP contribution is 2.36. The van der Waals surface area contributed by atoms with Crippen LogP contribution in [-0.4, -0.2) is 17.0 Å². The van der Waals surface area contributed by atoms with Crippen LogP contribution in [0, 0.1) is 6.92 Å². The Hall–Kier alpha value is -2.92. The number of thiophene rings is 1. The molecule has 0 aliphatic heterocycles. The van der Waals surface area contributed by atoms with Crippen molar-refractivity contribution in [2.75, 3.05) is 5.32 Å². The quantitative estimate of drug-likeness (QED) is 0.589. The molecule has 3 rings (SSSR count). The van der Waals surface area contributed by atoms with E-state index in [4.69, 9.17) is 0 Å². The predicted octanol–water partition coefficient (Wildman–Crippen LogP) is 5.80.